The molecule has 1 atom stereocenters. The van der Waals surface area contributed by atoms with Crippen molar-refractivity contribution in [1.82, 2.24) is 4.90 Å². The van der Waals surface area contributed by atoms with E-state index in [4.69, 9.17) is 5.73 Å². The van der Waals surface area contributed by atoms with E-state index in [-0.39, 0.29) is 28.7 Å². The van der Waals surface area contributed by atoms with Crippen LogP contribution in [0.25, 0.3) is 0 Å². The molecule has 0 heterocycles. The van der Waals surface area contributed by atoms with Crippen LogP contribution >= 0.6 is 0 Å². The maximum atomic E-state index is 11.8. The Labute approximate surface area is 193 Å². The Morgan fingerprint density at radius 1 is 1.00 bits per heavy atom. The number of rotatable bonds is 6. The molecule has 32 heavy (non-hydrogen) atoms. The molecule has 0 radical (unpaired) electrons. The van der Waals surface area contributed by atoms with Gasteiger partial charge in [0.1, 0.15) is 0 Å². The van der Waals surface area contributed by atoms with Crippen LogP contribution in [0.4, 0.5) is 0 Å². The van der Waals surface area contributed by atoms with Gasteiger partial charge < -0.3 is 10.6 Å². The molecule has 2 aliphatic rings. The van der Waals surface area contributed by atoms with Crippen LogP contribution in [-0.4, -0.2) is 24.4 Å². The second-order valence-corrected chi connectivity index (χ2v) is 10.8. The highest BCUT2D eigenvalue weighted by atomic mass is 16.2. The van der Waals surface area contributed by atoms with Gasteiger partial charge in [0.15, 0.2) is 0 Å². The van der Waals surface area contributed by atoms with Gasteiger partial charge in [0.05, 0.1) is 6.54 Å². The Kier molecular flexibility index (Phi) is 5.61. The highest BCUT2D eigenvalue weighted by Crippen LogP contribution is 2.56. The van der Waals surface area contributed by atoms with Gasteiger partial charge in [-0.25, -0.2) is 0 Å². The first-order valence-electron chi connectivity index (χ1n) is 12.0. The molecule has 3 heteroatoms. The fourth-order valence-corrected chi connectivity index (χ4v) is 5.39. The maximum absolute atomic E-state index is 11.8. The molecule has 2 aromatic carbocycles. The van der Waals surface area contributed by atoms with Gasteiger partial charge in [-0.3, -0.25) is 4.79 Å². The Morgan fingerprint density at radius 3 is 2.22 bits per heavy atom. The molecule has 2 aliphatic carbocycles. The number of likely N-dealkylation sites (N-methyl/N-ethyl adjacent to an activating group) is 1. The fraction of sp³-hybridized carbons (Fsp3) is 0.483. The molecule has 0 bridgehead atoms. The van der Waals surface area contributed by atoms with Gasteiger partial charge in [0.2, 0.25) is 5.91 Å². The molecule has 0 aliphatic heterocycles. The van der Waals surface area contributed by atoms with Gasteiger partial charge in [-0.2, -0.15) is 0 Å². The number of amides is 1. The molecule has 4 rings (SSSR count). The predicted octanol–water partition coefficient (Wildman–Crippen LogP) is 5.51. The van der Waals surface area contributed by atoms with Gasteiger partial charge in [-0.15, -0.1) is 0 Å². The molecular formula is C29H38N2O. The van der Waals surface area contributed by atoms with Crippen LogP contribution in [0.2, 0.25) is 0 Å². The maximum Gasteiger partial charge on any atom is 0.236 e. The van der Waals surface area contributed by atoms with Crippen LogP contribution < -0.4 is 5.73 Å². The van der Waals surface area contributed by atoms with Crippen LogP contribution in [0.5, 0.6) is 0 Å². The molecule has 2 aromatic rings. The average molecular weight is 431 g/mol. The quantitative estimate of drug-likeness (QED) is 0.615. The molecule has 1 unspecified atom stereocenters. The zero-order chi connectivity index (χ0) is 23.3. The summed E-state index contributed by atoms with van der Waals surface area (Å²) < 4.78 is 0. The van der Waals surface area contributed by atoms with E-state index >= 15 is 0 Å². The third-order valence-corrected chi connectivity index (χ3v) is 8.07. The van der Waals surface area contributed by atoms with Crippen molar-refractivity contribution in [2.75, 3.05) is 13.6 Å². The van der Waals surface area contributed by atoms with Crippen LogP contribution in [0, 0.1) is 6.92 Å². The number of hydrogen-bond acceptors (Lipinski definition) is 2. The lowest BCUT2D eigenvalue weighted by molar-refractivity contribution is -0.128. The van der Waals surface area contributed by atoms with Crippen molar-refractivity contribution in [2.24, 2.45) is 5.73 Å². The van der Waals surface area contributed by atoms with Gasteiger partial charge in [-0.1, -0.05) is 76.2 Å². The standard InChI is InChI=1S/C29H38N2O/c1-7-28(5)13-12-27(3,4)24-17-23(20(2)16-25(24)28)29(14-15-29)22-10-8-21(9-11-22)19-31(6)26(32)18-30/h8-13,16-17H,7,14-15,18-19,30H2,1-6H3. The van der Waals surface area contributed by atoms with Crippen molar-refractivity contribution in [1.29, 1.82) is 0 Å². The summed E-state index contributed by atoms with van der Waals surface area (Å²) >= 11 is 0. The fourth-order valence-electron chi connectivity index (χ4n) is 5.39. The van der Waals surface area contributed by atoms with E-state index in [1.807, 2.05) is 7.05 Å². The number of aryl methyl sites for hydroxylation is 1. The van der Waals surface area contributed by atoms with E-state index in [0.717, 1.165) is 12.0 Å². The minimum Gasteiger partial charge on any atom is -0.340 e. The topological polar surface area (TPSA) is 46.3 Å². The summed E-state index contributed by atoms with van der Waals surface area (Å²) in [7, 11) is 1.81. The predicted molar refractivity (Wildman–Crippen MR) is 133 cm³/mol. The summed E-state index contributed by atoms with van der Waals surface area (Å²) in [5, 5.41) is 0. The van der Waals surface area contributed by atoms with E-state index in [1.165, 1.54) is 40.7 Å². The third-order valence-electron chi connectivity index (χ3n) is 8.07. The molecule has 2 N–H and O–H groups in total. The Balaban J connectivity index is 1.70. The minimum absolute atomic E-state index is 0.0341. The van der Waals surface area contributed by atoms with Gasteiger partial charge >= 0.3 is 0 Å². The lowest BCUT2D eigenvalue weighted by Crippen LogP contribution is -2.32. The highest BCUT2D eigenvalue weighted by molar-refractivity contribution is 5.77. The second kappa shape index (κ2) is 7.88. The monoisotopic (exact) mass is 430 g/mol. The number of fused-ring (bicyclic) bond motifs is 1. The Morgan fingerprint density at radius 2 is 1.66 bits per heavy atom. The van der Waals surface area contributed by atoms with E-state index in [0.29, 0.717) is 6.54 Å². The molecule has 0 spiro atoms. The number of nitrogens with two attached hydrogens (primary N) is 1. The van der Waals surface area contributed by atoms with E-state index in [9.17, 15) is 4.79 Å². The number of hydrogen-bond donors (Lipinski definition) is 1. The third kappa shape index (κ3) is 3.71. The summed E-state index contributed by atoms with van der Waals surface area (Å²) in [5.41, 5.74) is 14.2. The molecule has 1 fully saturated rings. The van der Waals surface area contributed by atoms with Crippen molar-refractivity contribution < 1.29 is 4.79 Å². The lowest BCUT2D eigenvalue weighted by atomic mass is 9.64. The number of carbonyl (C=O) groups is 1. The van der Waals surface area contributed by atoms with Crippen LogP contribution in [0.15, 0.2) is 48.6 Å². The summed E-state index contributed by atoms with van der Waals surface area (Å²) in [6.07, 6.45) is 8.33. The molecule has 170 valence electrons. The van der Waals surface area contributed by atoms with E-state index < -0.39 is 0 Å². The summed E-state index contributed by atoms with van der Waals surface area (Å²) in [5.74, 6) is -0.0341. The number of nitrogens with zero attached hydrogens (tertiary/aromatic N) is 1. The summed E-state index contributed by atoms with van der Waals surface area (Å²) in [6, 6.07) is 13.9. The first-order chi connectivity index (χ1) is 15.1. The van der Waals surface area contributed by atoms with Gasteiger partial charge in [0, 0.05) is 29.8 Å². The molecule has 1 amide bonds. The number of benzene rings is 2. The van der Waals surface area contributed by atoms with Crippen LogP contribution in [0.1, 0.15) is 80.3 Å². The molecule has 1 saturated carbocycles. The largest absolute Gasteiger partial charge is 0.340 e. The second-order valence-electron chi connectivity index (χ2n) is 10.8. The van der Waals surface area contributed by atoms with Gasteiger partial charge in [-0.05, 0) is 59.6 Å². The molecular weight excluding hydrogens is 392 g/mol. The smallest absolute Gasteiger partial charge is 0.236 e. The van der Waals surface area contributed by atoms with Crippen LogP contribution in [0.3, 0.4) is 0 Å². The van der Waals surface area contributed by atoms with Gasteiger partial charge in [0.25, 0.3) is 0 Å². The van der Waals surface area contributed by atoms with Crippen LogP contribution in [-0.2, 0) is 27.6 Å². The first-order valence-corrected chi connectivity index (χ1v) is 12.0. The molecule has 0 aromatic heterocycles. The van der Waals surface area contributed by atoms with Crippen molar-refractivity contribution in [3.05, 3.63) is 81.9 Å². The number of carbonyl (C=O) groups excluding carboxylic acids is 1. The van der Waals surface area contributed by atoms with Crippen molar-refractivity contribution in [3.8, 4) is 0 Å². The average Bonchev–Trinajstić information content (AvgIpc) is 3.58. The highest BCUT2D eigenvalue weighted by Gasteiger charge is 2.48. The number of allylic oxidation sites excluding steroid dienone is 2. The van der Waals surface area contributed by atoms with Crippen molar-refractivity contribution >= 4 is 5.91 Å². The lowest BCUT2D eigenvalue weighted by Gasteiger charge is -2.40. The Bertz CT molecular complexity index is 1060. The van der Waals surface area contributed by atoms with E-state index in [1.54, 1.807) is 4.90 Å². The molecule has 0 saturated heterocycles. The zero-order valence-corrected chi connectivity index (χ0v) is 20.6. The van der Waals surface area contributed by atoms with E-state index in [2.05, 4.69) is 83.2 Å². The molecule has 3 nitrogen and oxygen atoms in total. The zero-order valence-electron chi connectivity index (χ0n) is 20.6. The normalized spacial score (nSPS) is 22.3. The first kappa shape index (κ1) is 22.8. The van der Waals surface area contributed by atoms with Crippen molar-refractivity contribution in [3.63, 3.8) is 0 Å². The summed E-state index contributed by atoms with van der Waals surface area (Å²) in [6.45, 7) is 12.3. The Hall–Kier alpha value is -2.39. The SMILES string of the molecule is CCC1(C)C=CC(C)(C)c2cc(C3(c4ccc(CN(C)C(=O)CN)cc4)CC3)c(C)cc21. The minimum atomic E-state index is -0.0341. The van der Waals surface area contributed by atoms with Crippen molar-refractivity contribution in [2.45, 2.75) is 76.7 Å². The summed E-state index contributed by atoms with van der Waals surface area (Å²) in [4.78, 5) is 13.5.